The van der Waals surface area contributed by atoms with Crippen LogP contribution < -0.4 is 11.5 Å². The van der Waals surface area contributed by atoms with E-state index in [1.165, 1.54) is 6.92 Å². The molecule has 13 heavy (non-hydrogen) atoms. The normalized spacial score (nSPS) is 15.3. The van der Waals surface area contributed by atoms with E-state index in [1.807, 2.05) is 0 Å². The first-order valence-electron chi connectivity index (χ1n) is 3.59. The third-order valence-electron chi connectivity index (χ3n) is 1.47. The van der Waals surface area contributed by atoms with Crippen molar-refractivity contribution in [2.24, 2.45) is 11.5 Å². The zero-order valence-electron chi connectivity index (χ0n) is 6.97. The Labute approximate surface area is 73.7 Å². The molecule has 0 saturated heterocycles. The van der Waals surface area contributed by atoms with Gasteiger partial charge in [-0.05, 0) is 6.92 Å². The van der Waals surface area contributed by atoms with Crippen LogP contribution in [0.4, 0.5) is 0 Å². The molecule has 1 heterocycles. The predicted octanol–water partition coefficient (Wildman–Crippen LogP) is -1.45. The summed E-state index contributed by atoms with van der Waals surface area (Å²) in [5.41, 5.74) is 10.3. The van der Waals surface area contributed by atoms with E-state index >= 15 is 0 Å². The summed E-state index contributed by atoms with van der Waals surface area (Å²) in [6.07, 6.45) is -0.832. The first kappa shape index (κ1) is 9.62. The van der Waals surface area contributed by atoms with Gasteiger partial charge >= 0.3 is 0 Å². The third-order valence-corrected chi connectivity index (χ3v) is 1.47. The lowest BCUT2D eigenvalue weighted by molar-refractivity contribution is 0.0987. The molecular formula is C6H10N4O3. The highest BCUT2D eigenvalue weighted by Crippen LogP contribution is 2.10. The fraction of sp³-hybridized carbons (Fsp3) is 0.500. The molecule has 1 aromatic heterocycles. The quantitative estimate of drug-likeness (QED) is 0.529. The van der Waals surface area contributed by atoms with E-state index in [0.29, 0.717) is 0 Å². The van der Waals surface area contributed by atoms with E-state index in [0.717, 1.165) is 0 Å². The topological polar surface area (TPSA) is 128 Å². The van der Waals surface area contributed by atoms with Crippen LogP contribution in [0.25, 0.3) is 0 Å². The summed E-state index contributed by atoms with van der Waals surface area (Å²) in [6.45, 7) is 1.47. The van der Waals surface area contributed by atoms with Gasteiger partial charge in [-0.1, -0.05) is 5.16 Å². The highest BCUT2D eigenvalue weighted by molar-refractivity contribution is 5.88. The van der Waals surface area contributed by atoms with Crippen molar-refractivity contribution in [3.8, 4) is 0 Å². The standard InChI is InChI=1S/C6H10N4O3/c1-2(11)3(7)6-9-5(4(8)12)10-13-6/h2-3,11H,7H2,1H3,(H2,8,12)/t2-,3+/m1/s1. The van der Waals surface area contributed by atoms with Crippen LogP contribution in [0.15, 0.2) is 4.52 Å². The summed E-state index contributed by atoms with van der Waals surface area (Å²) in [5, 5.41) is 12.3. The lowest BCUT2D eigenvalue weighted by atomic mass is 10.2. The number of rotatable bonds is 3. The van der Waals surface area contributed by atoms with Gasteiger partial charge in [0.25, 0.3) is 11.7 Å². The van der Waals surface area contributed by atoms with Crippen molar-refractivity contribution in [1.82, 2.24) is 10.1 Å². The second kappa shape index (κ2) is 3.50. The summed E-state index contributed by atoms with van der Waals surface area (Å²) in [7, 11) is 0. The molecule has 0 bridgehead atoms. The molecular weight excluding hydrogens is 176 g/mol. The number of hydrogen-bond donors (Lipinski definition) is 3. The van der Waals surface area contributed by atoms with Crippen LogP contribution >= 0.6 is 0 Å². The van der Waals surface area contributed by atoms with Crippen molar-refractivity contribution >= 4 is 5.91 Å². The number of aliphatic hydroxyl groups excluding tert-OH is 1. The summed E-state index contributed by atoms with van der Waals surface area (Å²) in [6, 6.07) is -0.805. The Bertz CT molecular complexity index is 309. The van der Waals surface area contributed by atoms with Gasteiger partial charge in [-0.2, -0.15) is 4.98 Å². The number of amides is 1. The van der Waals surface area contributed by atoms with Crippen molar-refractivity contribution in [2.75, 3.05) is 0 Å². The molecule has 0 unspecified atom stereocenters. The van der Waals surface area contributed by atoms with E-state index in [1.54, 1.807) is 0 Å². The molecule has 0 aliphatic rings. The monoisotopic (exact) mass is 186 g/mol. The molecule has 0 saturated carbocycles. The van der Waals surface area contributed by atoms with Crippen LogP contribution in [-0.2, 0) is 0 Å². The maximum atomic E-state index is 10.5. The lowest BCUT2D eigenvalue weighted by Gasteiger charge is -2.07. The van der Waals surface area contributed by atoms with Crippen LogP contribution in [0.2, 0.25) is 0 Å². The molecule has 0 aliphatic heterocycles. The molecule has 0 radical (unpaired) electrons. The average molecular weight is 186 g/mol. The number of hydrogen-bond acceptors (Lipinski definition) is 6. The zero-order valence-corrected chi connectivity index (χ0v) is 6.97. The van der Waals surface area contributed by atoms with Gasteiger partial charge in [-0.3, -0.25) is 4.79 Å². The molecule has 72 valence electrons. The smallest absolute Gasteiger partial charge is 0.290 e. The first-order valence-corrected chi connectivity index (χ1v) is 3.59. The molecule has 1 amide bonds. The molecule has 7 nitrogen and oxygen atoms in total. The molecule has 0 spiro atoms. The largest absolute Gasteiger partial charge is 0.391 e. The Morgan fingerprint density at radius 3 is 2.69 bits per heavy atom. The van der Waals surface area contributed by atoms with Crippen molar-refractivity contribution in [2.45, 2.75) is 19.1 Å². The fourth-order valence-electron chi connectivity index (χ4n) is 0.677. The van der Waals surface area contributed by atoms with Gasteiger partial charge < -0.3 is 21.1 Å². The summed E-state index contributed by atoms with van der Waals surface area (Å²) in [5.74, 6) is -1.05. The van der Waals surface area contributed by atoms with Gasteiger partial charge in [0.1, 0.15) is 6.04 Å². The van der Waals surface area contributed by atoms with Crippen LogP contribution in [0, 0.1) is 0 Å². The molecule has 2 atom stereocenters. The number of nitrogens with two attached hydrogens (primary N) is 2. The third kappa shape index (κ3) is 2.01. The van der Waals surface area contributed by atoms with Gasteiger partial charge in [0.15, 0.2) is 0 Å². The van der Waals surface area contributed by atoms with Crippen LogP contribution in [0.1, 0.15) is 29.5 Å². The van der Waals surface area contributed by atoms with Gasteiger partial charge in [-0.25, -0.2) is 0 Å². The summed E-state index contributed by atoms with van der Waals surface area (Å²) in [4.78, 5) is 14.1. The zero-order chi connectivity index (χ0) is 10.0. The first-order chi connectivity index (χ1) is 6.02. The molecule has 5 N–H and O–H groups in total. The molecule has 1 rings (SSSR count). The molecule has 1 aromatic rings. The molecule has 0 aliphatic carbocycles. The molecule has 0 fully saturated rings. The van der Waals surface area contributed by atoms with E-state index in [-0.39, 0.29) is 11.7 Å². The maximum absolute atomic E-state index is 10.5. The summed E-state index contributed by atoms with van der Waals surface area (Å²) < 4.78 is 4.60. The second-order valence-electron chi connectivity index (χ2n) is 2.59. The Morgan fingerprint density at radius 2 is 2.31 bits per heavy atom. The van der Waals surface area contributed by atoms with Crippen molar-refractivity contribution in [1.29, 1.82) is 0 Å². The highest BCUT2D eigenvalue weighted by atomic mass is 16.5. The minimum absolute atomic E-state index is 0.0104. The SMILES string of the molecule is C[C@@H](O)[C@H](N)c1nc(C(N)=O)no1. The molecule has 0 aromatic carbocycles. The van der Waals surface area contributed by atoms with E-state index in [9.17, 15) is 4.79 Å². The van der Waals surface area contributed by atoms with Crippen LogP contribution in [-0.4, -0.2) is 27.3 Å². The minimum atomic E-state index is -0.832. The van der Waals surface area contributed by atoms with Crippen molar-refractivity contribution < 1.29 is 14.4 Å². The number of aromatic nitrogens is 2. The van der Waals surface area contributed by atoms with Gasteiger partial charge in [-0.15, -0.1) is 0 Å². The maximum Gasteiger partial charge on any atom is 0.290 e. The van der Waals surface area contributed by atoms with Crippen molar-refractivity contribution in [3.05, 3.63) is 11.7 Å². The van der Waals surface area contributed by atoms with E-state index < -0.39 is 18.1 Å². The van der Waals surface area contributed by atoms with Crippen molar-refractivity contribution in [3.63, 3.8) is 0 Å². The Hall–Kier alpha value is -1.47. The number of carbonyl (C=O) groups is 1. The summed E-state index contributed by atoms with van der Waals surface area (Å²) >= 11 is 0. The van der Waals surface area contributed by atoms with Gasteiger partial charge in [0.2, 0.25) is 5.89 Å². The Kier molecular flexibility index (Phi) is 2.59. The Morgan fingerprint density at radius 1 is 1.69 bits per heavy atom. The van der Waals surface area contributed by atoms with Gasteiger partial charge in [0, 0.05) is 0 Å². The lowest BCUT2D eigenvalue weighted by Crippen LogP contribution is -2.23. The fourth-order valence-corrected chi connectivity index (χ4v) is 0.677. The predicted molar refractivity (Wildman–Crippen MR) is 41.4 cm³/mol. The average Bonchev–Trinajstić information content (AvgIpc) is 2.50. The van der Waals surface area contributed by atoms with Crippen LogP contribution in [0.3, 0.4) is 0 Å². The number of carbonyl (C=O) groups excluding carboxylic acids is 1. The van der Waals surface area contributed by atoms with E-state index in [2.05, 4.69) is 14.7 Å². The number of nitrogens with zero attached hydrogens (tertiary/aromatic N) is 2. The van der Waals surface area contributed by atoms with Gasteiger partial charge in [0.05, 0.1) is 6.10 Å². The minimum Gasteiger partial charge on any atom is -0.391 e. The second-order valence-corrected chi connectivity index (χ2v) is 2.59. The Balaban J connectivity index is 2.85. The van der Waals surface area contributed by atoms with E-state index in [4.69, 9.17) is 16.6 Å². The highest BCUT2D eigenvalue weighted by Gasteiger charge is 2.20. The number of primary amides is 1. The van der Waals surface area contributed by atoms with Crippen LogP contribution in [0.5, 0.6) is 0 Å². The molecule has 7 heteroatoms. The number of aliphatic hydroxyl groups is 1.